The van der Waals surface area contributed by atoms with Crippen molar-refractivity contribution in [3.63, 3.8) is 0 Å². The van der Waals surface area contributed by atoms with Crippen LogP contribution >= 0.6 is 21.5 Å². The van der Waals surface area contributed by atoms with Crippen molar-refractivity contribution in [1.82, 2.24) is 0 Å². The molecule has 5 heteroatoms. The number of halogens is 1. The molecule has 0 aromatic heterocycles. The Morgan fingerprint density at radius 3 is 2.33 bits per heavy atom. The van der Waals surface area contributed by atoms with Gasteiger partial charge >= 0.3 is 0 Å². The Morgan fingerprint density at radius 2 is 1.83 bits per heavy atom. The lowest BCUT2D eigenvalue weighted by molar-refractivity contribution is 0.614. The Hall–Kier alpha value is -0.0531. The van der Waals surface area contributed by atoms with Crippen molar-refractivity contribution in [2.24, 2.45) is 4.41 Å². The van der Waals surface area contributed by atoms with Crippen molar-refractivity contribution < 1.29 is 4.52 Å². The van der Waals surface area contributed by atoms with Crippen LogP contribution in [0.2, 0.25) is 19.6 Å². The predicted molar refractivity (Wildman–Crippen MR) is 88.5 cm³/mol. The maximum absolute atomic E-state index is 6.18. The lowest BCUT2D eigenvalue weighted by atomic mass is 10.3. The highest BCUT2D eigenvalue weighted by Gasteiger charge is 2.23. The van der Waals surface area contributed by atoms with E-state index in [9.17, 15) is 0 Å². The van der Waals surface area contributed by atoms with Gasteiger partial charge in [-0.2, -0.15) is 0 Å². The zero-order chi connectivity index (χ0) is 13.6. The molecule has 102 valence electrons. The molecule has 18 heavy (non-hydrogen) atoms. The van der Waals surface area contributed by atoms with Crippen LogP contribution in [0.4, 0.5) is 0 Å². The van der Waals surface area contributed by atoms with Gasteiger partial charge in [-0.25, -0.2) is 0 Å². The summed E-state index contributed by atoms with van der Waals surface area (Å²) >= 11 is 3.82. The lowest BCUT2D eigenvalue weighted by Gasteiger charge is -2.23. The van der Waals surface area contributed by atoms with Crippen LogP contribution in [0.3, 0.4) is 0 Å². The summed E-state index contributed by atoms with van der Waals surface area (Å²) in [5.74, 6) is -0.913. The summed E-state index contributed by atoms with van der Waals surface area (Å²) in [6, 6.07) is 10.0. The zero-order valence-corrected chi connectivity index (χ0v) is 15.2. The molecule has 0 spiro atoms. The number of unbranched alkanes of at least 4 members (excludes halogenated alkanes) is 1. The van der Waals surface area contributed by atoms with Crippen LogP contribution in [0, 0.1) is 0 Å². The number of rotatable bonds is 6. The molecule has 0 saturated heterocycles. The van der Waals surface area contributed by atoms with E-state index in [4.69, 9.17) is 8.93 Å². The fourth-order valence-electron chi connectivity index (χ4n) is 1.56. The minimum atomic E-state index is -1.83. The zero-order valence-electron chi connectivity index (χ0n) is 11.7. The van der Waals surface area contributed by atoms with Crippen molar-refractivity contribution in [2.75, 3.05) is 6.16 Å². The third-order valence-corrected chi connectivity index (χ3v) is 10.1. The molecule has 0 amide bonds. The molecule has 0 bridgehead atoms. The summed E-state index contributed by atoms with van der Waals surface area (Å²) < 4.78 is 11.2. The summed E-state index contributed by atoms with van der Waals surface area (Å²) in [5, 5.41) is 0. The Balaban J connectivity index is 2.95. The normalized spacial score (nSPS) is 14.9. The van der Waals surface area contributed by atoms with Crippen molar-refractivity contribution in [3.8, 4) is 5.75 Å². The Labute approximate surface area is 120 Å². The van der Waals surface area contributed by atoms with Gasteiger partial charge in [-0.05, 0) is 38.2 Å². The Bertz CT molecular complexity index is 417. The minimum Gasteiger partial charge on any atom is -0.451 e. The van der Waals surface area contributed by atoms with Gasteiger partial charge in [0, 0.05) is 21.7 Å². The lowest BCUT2D eigenvalue weighted by Crippen LogP contribution is -2.16. The molecule has 1 aromatic rings. The van der Waals surface area contributed by atoms with Crippen LogP contribution in [-0.4, -0.2) is 14.4 Å². The van der Waals surface area contributed by atoms with E-state index in [-0.39, 0.29) is 0 Å². The maximum atomic E-state index is 6.18. The quantitative estimate of drug-likeness (QED) is 0.448. The van der Waals surface area contributed by atoms with Gasteiger partial charge in [0.25, 0.3) is 0 Å². The third-order valence-electron chi connectivity index (χ3n) is 2.23. The summed E-state index contributed by atoms with van der Waals surface area (Å²) in [5.41, 5.74) is 0. The van der Waals surface area contributed by atoms with Crippen LogP contribution < -0.4 is 4.52 Å². The average molecular weight is 348 g/mol. The van der Waals surface area contributed by atoms with Gasteiger partial charge in [0.05, 0.1) is 0 Å². The molecule has 1 aromatic carbocycles. The molecule has 0 aliphatic carbocycles. The standard InChI is InChI=1S/C13H23BrNOPSi/c1-5-6-12-17(14,15-18(2,3)4)16-13-10-8-7-9-11-13/h7-11H,5-6,12H2,1-4H3. The number of nitrogens with zero attached hydrogens (tertiary/aromatic N) is 1. The highest BCUT2D eigenvalue weighted by molar-refractivity contribution is 9.40. The van der Waals surface area contributed by atoms with E-state index in [0.29, 0.717) is 0 Å². The largest absolute Gasteiger partial charge is 0.451 e. The molecule has 0 N–H and O–H groups in total. The van der Waals surface area contributed by atoms with Crippen LogP contribution in [0.5, 0.6) is 5.75 Å². The average Bonchev–Trinajstić information content (AvgIpc) is 2.25. The summed E-state index contributed by atoms with van der Waals surface area (Å²) in [4.78, 5) is 0. The molecule has 1 atom stereocenters. The molecular formula is C13H23BrNOPSi. The van der Waals surface area contributed by atoms with Crippen LogP contribution in [-0.2, 0) is 0 Å². The van der Waals surface area contributed by atoms with Crippen LogP contribution in [0.25, 0.3) is 0 Å². The van der Waals surface area contributed by atoms with E-state index in [1.807, 2.05) is 30.3 Å². The molecule has 0 fully saturated rings. The molecule has 0 heterocycles. The van der Waals surface area contributed by atoms with Crippen molar-refractivity contribution in [3.05, 3.63) is 30.3 Å². The van der Waals surface area contributed by atoms with E-state index in [1.54, 1.807) is 0 Å². The second kappa shape index (κ2) is 6.92. The maximum Gasteiger partial charge on any atom is 0.188 e. The summed E-state index contributed by atoms with van der Waals surface area (Å²) in [6.07, 6.45) is 3.34. The van der Waals surface area contributed by atoms with Gasteiger partial charge in [-0.3, -0.25) is 4.41 Å². The molecule has 1 rings (SSSR count). The van der Waals surface area contributed by atoms with Crippen molar-refractivity contribution in [1.29, 1.82) is 0 Å². The van der Waals surface area contributed by atoms with Crippen LogP contribution in [0.1, 0.15) is 19.8 Å². The first-order chi connectivity index (χ1) is 8.35. The van der Waals surface area contributed by atoms with Gasteiger partial charge in [0.2, 0.25) is 0 Å². The second-order valence-corrected chi connectivity index (χ2v) is 15.7. The minimum absolute atomic E-state index is 0.917. The van der Waals surface area contributed by atoms with Gasteiger partial charge in [0.1, 0.15) is 5.75 Å². The first-order valence-electron chi connectivity index (χ1n) is 6.41. The van der Waals surface area contributed by atoms with Gasteiger partial charge in [0.15, 0.2) is 14.2 Å². The molecule has 2 nitrogen and oxygen atoms in total. The topological polar surface area (TPSA) is 21.6 Å². The molecule has 0 radical (unpaired) electrons. The fourth-order valence-corrected chi connectivity index (χ4v) is 12.5. The van der Waals surface area contributed by atoms with E-state index < -0.39 is 14.2 Å². The summed E-state index contributed by atoms with van der Waals surface area (Å²) in [7, 11) is -1.49. The van der Waals surface area contributed by atoms with E-state index in [2.05, 4.69) is 42.1 Å². The SMILES string of the molecule is CCCCP(Br)(=N[Si](C)(C)C)Oc1ccccc1. The molecule has 0 aliphatic heterocycles. The highest BCUT2D eigenvalue weighted by atomic mass is 79.9. The molecule has 0 saturated carbocycles. The number of hydrogen-bond acceptors (Lipinski definition) is 2. The number of para-hydroxylation sites is 1. The first kappa shape index (κ1) is 16.0. The van der Waals surface area contributed by atoms with Gasteiger partial charge in [-0.1, -0.05) is 31.5 Å². The second-order valence-electron chi connectivity index (χ2n) is 5.37. The van der Waals surface area contributed by atoms with E-state index in [1.165, 1.54) is 6.42 Å². The smallest absolute Gasteiger partial charge is 0.188 e. The van der Waals surface area contributed by atoms with E-state index in [0.717, 1.165) is 18.3 Å². The molecule has 0 aliphatic rings. The Kier molecular flexibility index (Phi) is 6.16. The first-order valence-corrected chi connectivity index (χ1v) is 13.7. The van der Waals surface area contributed by atoms with Gasteiger partial charge in [-0.15, -0.1) is 0 Å². The number of benzene rings is 1. The Morgan fingerprint density at radius 1 is 1.22 bits per heavy atom. The molecule has 1 unspecified atom stereocenters. The highest BCUT2D eigenvalue weighted by Crippen LogP contribution is 2.59. The van der Waals surface area contributed by atoms with Crippen molar-refractivity contribution in [2.45, 2.75) is 39.4 Å². The predicted octanol–water partition coefficient (Wildman–Crippen LogP) is 6.13. The van der Waals surface area contributed by atoms with Crippen molar-refractivity contribution >= 4 is 29.7 Å². The fraction of sp³-hybridized carbons (Fsp3) is 0.538. The molecular weight excluding hydrogens is 325 g/mol. The number of hydrogen-bond donors (Lipinski definition) is 0. The van der Waals surface area contributed by atoms with Crippen LogP contribution in [0.15, 0.2) is 34.7 Å². The van der Waals surface area contributed by atoms with E-state index >= 15 is 0 Å². The summed E-state index contributed by atoms with van der Waals surface area (Å²) in [6.45, 7) is 8.96. The van der Waals surface area contributed by atoms with Gasteiger partial charge < -0.3 is 4.52 Å². The monoisotopic (exact) mass is 347 g/mol. The third kappa shape index (κ3) is 6.21.